The third kappa shape index (κ3) is 2.77. The van der Waals surface area contributed by atoms with Crippen molar-refractivity contribution in [2.24, 2.45) is 0 Å². The summed E-state index contributed by atoms with van der Waals surface area (Å²) in [5, 5.41) is 3.70. The fourth-order valence-electron chi connectivity index (χ4n) is 1.13. The van der Waals surface area contributed by atoms with Gasteiger partial charge in [0, 0.05) is 22.3 Å². The second-order valence-corrected chi connectivity index (χ2v) is 4.11. The van der Waals surface area contributed by atoms with Gasteiger partial charge in [-0.05, 0) is 25.9 Å². The number of hydrogen-bond acceptors (Lipinski definition) is 2. The van der Waals surface area contributed by atoms with Crippen molar-refractivity contribution in [2.75, 3.05) is 19.3 Å². The molecule has 0 spiro atoms. The van der Waals surface area contributed by atoms with Crippen LogP contribution < -0.4 is 5.32 Å². The van der Waals surface area contributed by atoms with Gasteiger partial charge in [0.2, 0.25) is 0 Å². The van der Waals surface area contributed by atoms with Crippen LogP contribution in [0.1, 0.15) is 12.8 Å². The Kier molecular flexibility index (Phi) is 4.85. The van der Waals surface area contributed by atoms with Gasteiger partial charge >= 0.3 is 0 Å². The molecule has 1 aliphatic rings. The fraction of sp³-hybridized carbons (Fsp3) is 1.00. The van der Waals surface area contributed by atoms with Crippen molar-refractivity contribution in [3.8, 4) is 0 Å². The van der Waals surface area contributed by atoms with Crippen molar-refractivity contribution < 1.29 is 9.69 Å². The van der Waals surface area contributed by atoms with Gasteiger partial charge in [-0.25, -0.2) is 0 Å². The highest BCUT2D eigenvalue weighted by molar-refractivity contribution is 7.84. The first-order chi connectivity index (χ1) is 4.30. The molecule has 0 amide bonds. The van der Waals surface area contributed by atoms with E-state index in [1.54, 1.807) is 6.26 Å². The maximum Gasteiger partial charge on any atom is 0.0369 e. The number of nitrogens with one attached hydrogen (secondary N) is 1. The summed E-state index contributed by atoms with van der Waals surface area (Å²) in [5.74, 6) is 0. The van der Waals surface area contributed by atoms with Crippen LogP contribution >= 0.6 is 0 Å². The summed E-state index contributed by atoms with van der Waals surface area (Å²) in [5.41, 5.74) is 0. The smallest absolute Gasteiger partial charge is 0.0369 e. The molecule has 1 atom stereocenters. The molecule has 4 heteroatoms. The van der Waals surface area contributed by atoms with Crippen LogP contribution in [0.15, 0.2) is 0 Å². The summed E-state index contributed by atoms with van der Waals surface area (Å²) in [4.78, 5) is 0. The quantitative estimate of drug-likeness (QED) is 0.558. The third-order valence-corrected chi connectivity index (χ3v) is 3.17. The zero-order valence-electron chi connectivity index (χ0n) is 6.22. The van der Waals surface area contributed by atoms with Gasteiger partial charge in [-0.2, -0.15) is 0 Å². The van der Waals surface area contributed by atoms with Crippen LogP contribution in [0.4, 0.5) is 0 Å². The molecule has 1 aliphatic heterocycles. The van der Waals surface area contributed by atoms with E-state index < -0.39 is 10.8 Å². The van der Waals surface area contributed by atoms with Crippen molar-refractivity contribution in [3.05, 3.63) is 0 Å². The van der Waals surface area contributed by atoms with Crippen molar-refractivity contribution in [3.63, 3.8) is 0 Å². The maximum absolute atomic E-state index is 10.9. The van der Waals surface area contributed by atoms with Crippen LogP contribution in [-0.4, -0.2) is 34.3 Å². The molecule has 0 aromatic heterocycles. The first kappa shape index (κ1) is 10.1. The van der Waals surface area contributed by atoms with E-state index in [1.165, 1.54) is 0 Å². The Morgan fingerprint density at radius 3 is 2.20 bits per heavy atom. The number of hydrogen-bond donors (Lipinski definition) is 1. The molecule has 0 bridgehead atoms. The molecular formula is C6H15NO2S. The molecular weight excluding hydrogens is 150 g/mol. The Balaban J connectivity index is 0.000000810. The van der Waals surface area contributed by atoms with E-state index >= 15 is 0 Å². The molecule has 1 fully saturated rings. The van der Waals surface area contributed by atoms with Crippen molar-refractivity contribution in [1.82, 2.24) is 5.32 Å². The van der Waals surface area contributed by atoms with E-state index in [-0.39, 0.29) is 5.48 Å². The third-order valence-electron chi connectivity index (χ3n) is 1.76. The normalized spacial score (nSPS) is 23.3. The SMILES string of the molecule is CS(=O)C1CCNCC1.O. The standard InChI is InChI=1S/C6H13NOS.H2O/c1-9(8)6-2-4-7-5-3-6;/h6-7H,2-5H2,1H3;1H2. The highest BCUT2D eigenvalue weighted by atomic mass is 32.2. The summed E-state index contributed by atoms with van der Waals surface area (Å²) in [6.45, 7) is 2.09. The Morgan fingerprint density at radius 1 is 1.40 bits per heavy atom. The van der Waals surface area contributed by atoms with Gasteiger partial charge in [0.25, 0.3) is 0 Å². The minimum Gasteiger partial charge on any atom is -0.412 e. The summed E-state index contributed by atoms with van der Waals surface area (Å²) < 4.78 is 10.9. The maximum atomic E-state index is 10.9. The van der Waals surface area contributed by atoms with Gasteiger partial charge in [-0.3, -0.25) is 4.21 Å². The minimum absolute atomic E-state index is 0. The average molecular weight is 165 g/mol. The van der Waals surface area contributed by atoms with E-state index in [2.05, 4.69) is 5.32 Å². The highest BCUT2D eigenvalue weighted by Crippen LogP contribution is 2.07. The Hall–Kier alpha value is 0.0700. The molecule has 0 radical (unpaired) electrons. The fourth-order valence-corrected chi connectivity index (χ4v) is 2.03. The lowest BCUT2D eigenvalue weighted by Crippen LogP contribution is -2.32. The zero-order valence-corrected chi connectivity index (χ0v) is 7.04. The molecule has 10 heavy (non-hydrogen) atoms. The lowest BCUT2D eigenvalue weighted by Gasteiger charge is -2.19. The molecule has 1 rings (SSSR count). The lowest BCUT2D eigenvalue weighted by molar-refractivity contribution is 0.521. The second-order valence-electron chi connectivity index (χ2n) is 2.45. The molecule has 1 saturated heterocycles. The van der Waals surface area contributed by atoms with Crippen LogP contribution in [0.25, 0.3) is 0 Å². The molecule has 0 saturated carbocycles. The van der Waals surface area contributed by atoms with Gasteiger partial charge in [-0.1, -0.05) is 0 Å². The molecule has 62 valence electrons. The summed E-state index contributed by atoms with van der Waals surface area (Å²) in [6.07, 6.45) is 3.97. The molecule has 0 aromatic carbocycles. The van der Waals surface area contributed by atoms with Crippen LogP contribution in [0, 0.1) is 0 Å². The van der Waals surface area contributed by atoms with Gasteiger partial charge in [0.15, 0.2) is 0 Å². The van der Waals surface area contributed by atoms with Crippen molar-refractivity contribution in [1.29, 1.82) is 0 Å². The van der Waals surface area contributed by atoms with E-state index in [4.69, 9.17) is 0 Å². The number of rotatable bonds is 1. The van der Waals surface area contributed by atoms with Gasteiger partial charge in [-0.15, -0.1) is 0 Å². The molecule has 3 nitrogen and oxygen atoms in total. The summed E-state index contributed by atoms with van der Waals surface area (Å²) >= 11 is 0. The van der Waals surface area contributed by atoms with Crippen molar-refractivity contribution in [2.45, 2.75) is 18.1 Å². The first-order valence-electron chi connectivity index (χ1n) is 3.33. The lowest BCUT2D eigenvalue weighted by atomic mass is 10.2. The van der Waals surface area contributed by atoms with Crippen LogP contribution in [0.2, 0.25) is 0 Å². The van der Waals surface area contributed by atoms with E-state index in [0.717, 1.165) is 25.9 Å². The van der Waals surface area contributed by atoms with Gasteiger partial charge in [0.05, 0.1) is 0 Å². The van der Waals surface area contributed by atoms with Gasteiger partial charge < -0.3 is 10.8 Å². The highest BCUT2D eigenvalue weighted by Gasteiger charge is 2.15. The van der Waals surface area contributed by atoms with Crippen LogP contribution in [-0.2, 0) is 10.8 Å². The van der Waals surface area contributed by atoms with Crippen LogP contribution in [0.3, 0.4) is 0 Å². The van der Waals surface area contributed by atoms with E-state index in [9.17, 15) is 4.21 Å². The molecule has 0 aliphatic carbocycles. The molecule has 0 aromatic rings. The first-order valence-corrected chi connectivity index (χ1v) is 4.96. The Bertz CT molecular complexity index is 112. The van der Waals surface area contributed by atoms with Crippen LogP contribution in [0.5, 0.6) is 0 Å². The number of piperidine rings is 1. The predicted octanol–water partition coefficient (Wildman–Crippen LogP) is -0.708. The summed E-state index contributed by atoms with van der Waals surface area (Å²) in [6, 6.07) is 0. The predicted molar refractivity (Wildman–Crippen MR) is 43.6 cm³/mol. The monoisotopic (exact) mass is 165 g/mol. The average Bonchev–Trinajstić information content (AvgIpc) is 1.90. The molecule has 1 unspecified atom stereocenters. The topological polar surface area (TPSA) is 60.6 Å². The zero-order chi connectivity index (χ0) is 6.69. The second kappa shape index (κ2) is 4.82. The minimum atomic E-state index is -0.592. The Morgan fingerprint density at radius 2 is 1.90 bits per heavy atom. The molecule has 3 N–H and O–H groups in total. The van der Waals surface area contributed by atoms with Crippen molar-refractivity contribution >= 4 is 10.8 Å². The largest absolute Gasteiger partial charge is 0.412 e. The van der Waals surface area contributed by atoms with E-state index in [1.807, 2.05) is 0 Å². The Labute approximate surface area is 64.0 Å². The van der Waals surface area contributed by atoms with E-state index in [0.29, 0.717) is 5.25 Å². The van der Waals surface area contributed by atoms with Gasteiger partial charge in [0.1, 0.15) is 0 Å². The summed E-state index contributed by atoms with van der Waals surface area (Å²) in [7, 11) is -0.592. The molecule has 1 heterocycles.